The van der Waals surface area contributed by atoms with Gasteiger partial charge in [-0.15, -0.1) is 0 Å². The Labute approximate surface area is 275 Å². The molecule has 0 aromatic carbocycles. The van der Waals surface area contributed by atoms with E-state index >= 15 is 0 Å². The summed E-state index contributed by atoms with van der Waals surface area (Å²) in [6.07, 6.45) is -4.68. The van der Waals surface area contributed by atoms with Crippen LogP contribution in [0.5, 0.6) is 0 Å². The van der Waals surface area contributed by atoms with Crippen LogP contribution in [0.1, 0.15) is 94.9 Å². The Morgan fingerprint density at radius 2 is 1.63 bits per heavy atom. The van der Waals surface area contributed by atoms with Crippen LogP contribution in [0, 0.1) is 29.6 Å². The number of hydrogen-bond acceptors (Lipinski definition) is 11. The van der Waals surface area contributed by atoms with E-state index < -0.39 is 89.9 Å². The van der Waals surface area contributed by atoms with Crippen molar-refractivity contribution >= 4 is 11.7 Å². The summed E-state index contributed by atoms with van der Waals surface area (Å²) in [7, 11) is 1.52. The lowest BCUT2D eigenvalue weighted by atomic mass is 9.70. The average molecular weight is 664 g/mol. The molecule has 2 heterocycles. The molecule has 0 aromatic heterocycles. The van der Waals surface area contributed by atoms with Gasteiger partial charge >= 0.3 is 5.97 Å². The Morgan fingerprint density at radius 1 is 1.00 bits per heavy atom. The van der Waals surface area contributed by atoms with Gasteiger partial charge in [0, 0.05) is 25.2 Å². The van der Waals surface area contributed by atoms with Crippen molar-refractivity contribution in [2.24, 2.45) is 34.6 Å². The van der Waals surface area contributed by atoms with Gasteiger partial charge in [-0.05, 0) is 71.6 Å². The van der Waals surface area contributed by atoms with Gasteiger partial charge in [0.2, 0.25) is 0 Å². The molecule has 0 amide bonds. The predicted octanol–water partition coefficient (Wildman–Crippen LogP) is 3.82. The van der Waals surface area contributed by atoms with Gasteiger partial charge in [-0.2, -0.15) is 0 Å². The number of alkyl halides is 1. The van der Waals surface area contributed by atoms with Crippen LogP contribution in [0.4, 0.5) is 4.39 Å². The number of halogens is 1. The highest BCUT2D eigenvalue weighted by molar-refractivity contribution is 5.89. The van der Waals surface area contributed by atoms with E-state index in [0.29, 0.717) is 5.71 Å². The van der Waals surface area contributed by atoms with Gasteiger partial charge in [-0.3, -0.25) is 14.2 Å². The summed E-state index contributed by atoms with van der Waals surface area (Å²) in [5.74, 6) is -3.35. The molecular weight excluding hydrogens is 601 g/mol. The number of hydrogen-bond donors (Lipinski definition) is 4. The number of nitrogens with zero attached hydrogens (tertiary/aromatic N) is 1. The second-order valence-corrected chi connectivity index (χ2v) is 14.4. The fraction of sp³-hybridized carbons (Fsp3) is 0.941. The number of carbonyl (C=O) groups excluding carboxylic acids is 1. The predicted molar refractivity (Wildman–Crippen MR) is 172 cm³/mol. The summed E-state index contributed by atoms with van der Waals surface area (Å²) >= 11 is 0. The zero-order valence-corrected chi connectivity index (χ0v) is 29.9. The Morgan fingerprint density at radius 3 is 2.20 bits per heavy atom. The minimum Gasteiger partial charge on any atom is -0.459 e. The molecule has 11 nitrogen and oxygen atoms in total. The van der Waals surface area contributed by atoms with Crippen molar-refractivity contribution in [3.63, 3.8) is 0 Å². The fourth-order valence-corrected chi connectivity index (χ4v) is 7.17. The first-order valence-corrected chi connectivity index (χ1v) is 16.8. The van der Waals surface area contributed by atoms with E-state index in [0.717, 1.165) is 0 Å². The van der Waals surface area contributed by atoms with E-state index in [-0.39, 0.29) is 44.9 Å². The van der Waals surface area contributed by atoms with Crippen molar-refractivity contribution in [1.29, 1.82) is 0 Å². The lowest BCUT2D eigenvalue weighted by molar-refractivity contribution is -0.298. The molecular formula is C34H62FNO10. The zero-order valence-electron chi connectivity index (χ0n) is 29.9. The molecule has 14 atom stereocenters. The van der Waals surface area contributed by atoms with Crippen LogP contribution in [0.2, 0.25) is 0 Å². The minimum absolute atomic E-state index is 0.0680. The zero-order chi connectivity index (χ0) is 35.2. The molecule has 0 unspecified atom stereocenters. The summed E-state index contributed by atoms with van der Waals surface area (Å²) < 4.78 is 42.3. The van der Waals surface area contributed by atoms with E-state index in [9.17, 15) is 29.6 Å². The van der Waals surface area contributed by atoms with Crippen molar-refractivity contribution in [3.05, 3.63) is 0 Å². The summed E-state index contributed by atoms with van der Waals surface area (Å²) in [6, 6.07) is 0. The third-order valence-electron chi connectivity index (χ3n) is 10.7. The molecule has 270 valence electrons. The highest BCUT2D eigenvalue weighted by Crippen LogP contribution is 2.40. The first kappa shape index (κ1) is 40.9. The molecule has 4 N–H and O–H groups in total. The van der Waals surface area contributed by atoms with E-state index in [2.05, 4.69) is 4.99 Å². The van der Waals surface area contributed by atoms with E-state index in [1.54, 1.807) is 41.5 Å². The number of aliphatic hydroxyl groups excluding tert-OH is 2. The van der Waals surface area contributed by atoms with Gasteiger partial charge in [0.05, 0.1) is 48.7 Å². The molecule has 0 aliphatic carbocycles. The van der Waals surface area contributed by atoms with Crippen LogP contribution < -0.4 is 0 Å². The summed E-state index contributed by atoms with van der Waals surface area (Å²) in [5.41, 5.74) is -3.58. The molecule has 0 bridgehead atoms. The number of methoxy groups -OCH3 is 1. The summed E-state index contributed by atoms with van der Waals surface area (Å²) in [6.45, 7) is 17.2. The van der Waals surface area contributed by atoms with Crippen molar-refractivity contribution in [3.8, 4) is 0 Å². The molecule has 0 radical (unpaired) electrons. The molecule has 2 rings (SSSR count). The lowest BCUT2D eigenvalue weighted by Gasteiger charge is -2.47. The Kier molecular flexibility index (Phi) is 15.0. The van der Waals surface area contributed by atoms with E-state index in [4.69, 9.17) is 23.7 Å². The van der Waals surface area contributed by atoms with E-state index in [1.807, 2.05) is 20.8 Å². The lowest BCUT2D eigenvalue weighted by Crippen LogP contribution is -2.58. The van der Waals surface area contributed by atoms with Crippen LogP contribution in [0.3, 0.4) is 0 Å². The molecule has 0 saturated carbocycles. The maximum Gasteiger partial charge on any atom is 0.311 e. The first-order chi connectivity index (χ1) is 21.3. The summed E-state index contributed by atoms with van der Waals surface area (Å²) in [4.78, 5) is 18.4. The number of aliphatic imine (C=N–C) groups is 1. The van der Waals surface area contributed by atoms with Gasteiger partial charge < -0.3 is 44.1 Å². The second kappa shape index (κ2) is 16.9. The van der Waals surface area contributed by atoms with Crippen LogP contribution in [-0.2, 0) is 28.5 Å². The second-order valence-electron chi connectivity index (χ2n) is 14.4. The van der Waals surface area contributed by atoms with Gasteiger partial charge in [0.25, 0.3) is 0 Å². The molecule has 0 aromatic rings. The number of rotatable bonds is 9. The Hall–Kier alpha value is -1.25. The third-order valence-corrected chi connectivity index (χ3v) is 10.7. The largest absolute Gasteiger partial charge is 0.459 e. The van der Waals surface area contributed by atoms with Crippen LogP contribution in [-0.4, -0.2) is 113 Å². The van der Waals surface area contributed by atoms with Crippen molar-refractivity contribution in [1.82, 2.24) is 0 Å². The van der Waals surface area contributed by atoms with E-state index in [1.165, 1.54) is 14.0 Å². The molecule has 2 saturated heterocycles. The van der Waals surface area contributed by atoms with Gasteiger partial charge in [-0.1, -0.05) is 34.6 Å². The molecule has 2 aliphatic rings. The third kappa shape index (κ3) is 9.46. The number of cyclic esters (lactones) is 1. The monoisotopic (exact) mass is 663 g/mol. The topological polar surface area (TPSA) is 156 Å². The first-order valence-electron chi connectivity index (χ1n) is 16.8. The standard InChI is InChI=1S/C34H62FNO10/c1-12-25-34(10,41)29(37)21(4)27(36-18-43-15-13-14-35)19(2)16-32(8,40)23(6)20(3)28(22(5)31(39)45-25)46-26-17-33(9,42-11)30(38)24(7)44-26/h19-26,28-30,37-38,40-41H,12-18H2,1-11H3/t19-,20-,21+,22-,23-,24+,25-,26+,28+,29-,30+,32-,33-,34-/m1/s1. The summed E-state index contributed by atoms with van der Waals surface area (Å²) in [5, 5.41) is 46.0. The van der Waals surface area contributed by atoms with Crippen molar-refractivity contribution < 1.29 is 53.3 Å². The average Bonchev–Trinajstić information content (AvgIpc) is 3.00. The highest BCUT2D eigenvalue weighted by Gasteiger charge is 2.50. The van der Waals surface area contributed by atoms with Crippen molar-refractivity contribution in [2.75, 3.05) is 27.1 Å². The molecule has 2 aliphatic heterocycles. The SMILES string of the molecule is CC[C@H]1OC(=O)[C@H](C)[C@@H](O[C@H]2C[C@@](C)(OC)[C@@H](O)[C@H](C)O2)[C@H](C)[C@@H](C)[C@](C)(O)C[C@@H](C)C(=NCOCCCF)[C@H](C)[C@@H](O)[C@]1(C)O. The number of carbonyl (C=O) groups is 1. The van der Waals surface area contributed by atoms with Gasteiger partial charge in [0.1, 0.15) is 24.5 Å². The minimum atomic E-state index is -1.86. The smallest absolute Gasteiger partial charge is 0.311 e. The van der Waals surface area contributed by atoms with Crippen LogP contribution >= 0.6 is 0 Å². The molecule has 2 fully saturated rings. The Bertz CT molecular complexity index is 995. The molecule has 0 spiro atoms. The number of esters is 1. The fourth-order valence-electron chi connectivity index (χ4n) is 7.17. The number of ether oxygens (including phenoxy) is 5. The Balaban J connectivity index is 2.58. The maximum atomic E-state index is 13.8. The molecule has 46 heavy (non-hydrogen) atoms. The van der Waals surface area contributed by atoms with Crippen LogP contribution in [0.15, 0.2) is 4.99 Å². The normalized spacial score (nSPS) is 46.1. The quantitative estimate of drug-likeness (QED) is 0.211. The maximum absolute atomic E-state index is 13.8. The van der Waals surface area contributed by atoms with Gasteiger partial charge in [-0.25, -0.2) is 0 Å². The van der Waals surface area contributed by atoms with Gasteiger partial charge in [0.15, 0.2) is 6.29 Å². The van der Waals surface area contributed by atoms with Crippen molar-refractivity contribution in [2.45, 2.75) is 149 Å². The molecule has 12 heteroatoms. The number of aliphatic hydroxyl groups is 4. The van der Waals surface area contributed by atoms with Crippen LogP contribution in [0.25, 0.3) is 0 Å². The highest BCUT2D eigenvalue weighted by atomic mass is 19.1.